The van der Waals surface area contributed by atoms with Crippen LogP contribution in [0, 0.1) is 0 Å². The lowest BCUT2D eigenvalue weighted by Gasteiger charge is -2.12. The maximum absolute atomic E-state index is 9.89. The van der Waals surface area contributed by atoms with E-state index in [1.165, 1.54) is 26.9 Å². The van der Waals surface area contributed by atoms with Crippen LogP contribution in [-0.4, -0.2) is 5.11 Å². The van der Waals surface area contributed by atoms with E-state index in [9.17, 15) is 5.11 Å². The molecule has 1 heteroatoms. The maximum atomic E-state index is 9.89. The standard InChI is InChI=1S/C19H14O/c20-12-18-16-7-3-2-6-14(16)11-15-10-9-13-5-1-4-8-17(13)19(15)18/h1-11,20H,12H2. The smallest absolute Gasteiger partial charge is 0.0694 e. The lowest BCUT2D eigenvalue weighted by Crippen LogP contribution is -1.90. The Morgan fingerprint density at radius 1 is 0.650 bits per heavy atom. The molecule has 96 valence electrons. The highest BCUT2D eigenvalue weighted by Crippen LogP contribution is 2.33. The van der Waals surface area contributed by atoms with Crippen molar-refractivity contribution < 1.29 is 5.11 Å². The quantitative estimate of drug-likeness (QED) is 0.389. The lowest BCUT2D eigenvalue weighted by molar-refractivity contribution is 0.285. The Morgan fingerprint density at radius 3 is 2.10 bits per heavy atom. The summed E-state index contributed by atoms with van der Waals surface area (Å²) in [4.78, 5) is 0. The summed E-state index contributed by atoms with van der Waals surface area (Å²) in [5, 5.41) is 17.0. The molecule has 0 aliphatic rings. The average molecular weight is 258 g/mol. The molecule has 0 aliphatic heterocycles. The van der Waals surface area contributed by atoms with Gasteiger partial charge in [-0.25, -0.2) is 0 Å². The minimum atomic E-state index is 0.0614. The molecule has 0 heterocycles. The zero-order valence-electron chi connectivity index (χ0n) is 11.0. The van der Waals surface area contributed by atoms with Crippen molar-refractivity contribution in [1.29, 1.82) is 0 Å². The number of hydrogen-bond donors (Lipinski definition) is 1. The van der Waals surface area contributed by atoms with Crippen LogP contribution < -0.4 is 0 Å². The van der Waals surface area contributed by atoms with E-state index in [4.69, 9.17) is 0 Å². The van der Waals surface area contributed by atoms with Crippen molar-refractivity contribution in [3.63, 3.8) is 0 Å². The molecule has 4 aromatic carbocycles. The summed E-state index contributed by atoms with van der Waals surface area (Å²) in [6.07, 6.45) is 0. The molecular formula is C19H14O. The second kappa shape index (κ2) is 4.32. The van der Waals surface area contributed by atoms with Crippen molar-refractivity contribution in [3.8, 4) is 0 Å². The topological polar surface area (TPSA) is 20.2 Å². The van der Waals surface area contributed by atoms with Gasteiger partial charge in [-0.05, 0) is 43.9 Å². The van der Waals surface area contributed by atoms with Crippen LogP contribution in [0.3, 0.4) is 0 Å². The molecule has 0 saturated heterocycles. The van der Waals surface area contributed by atoms with Crippen molar-refractivity contribution >= 4 is 32.3 Å². The number of rotatable bonds is 1. The number of hydrogen-bond acceptors (Lipinski definition) is 1. The summed E-state index contributed by atoms with van der Waals surface area (Å²) < 4.78 is 0. The highest BCUT2D eigenvalue weighted by atomic mass is 16.3. The van der Waals surface area contributed by atoms with Crippen LogP contribution in [0.2, 0.25) is 0 Å². The predicted octanol–water partition coefficient (Wildman–Crippen LogP) is 4.64. The number of benzene rings is 4. The first kappa shape index (κ1) is 11.4. The van der Waals surface area contributed by atoms with Crippen LogP contribution in [0.1, 0.15) is 5.56 Å². The third-order valence-electron chi connectivity index (χ3n) is 4.02. The van der Waals surface area contributed by atoms with Gasteiger partial charge in [0, 0.05) is 0 Å². The van der Waals surface area contributed by atoms with Gasteiger partial charge in [0.1, 0.15) is 0 Å². The van der Waals surface area contributed by atoms with E-state index >= 15 is 0 Å². The van der Waals surface area contributed by atoms with Crippen molar-refractivity contribution in [2.75, 3.05) is 0 Å². The Balaban J connectivity index is 2.33. The molecule has 1 N–H and O–H groups in total. The molecule has 1 nitrogen and oxygen atoms in total. The fourth-order valence-corrected chi connectivity index (χ4v) is 3.11. The monoisotopic (exact) mass is 258 g/mol. The third-order valence-corrected chi connectivity index (χ3v) is 4.02. The van der Waals surface area contributed by atoms with Gasteiger partial charge in [-0.2, -0.15) is 0 Å². The zero-order chi connectivity index (χ0) is 13.5. The Bertz CT molecular complexity index is 938. The van der Waals surface area contributed by atoms with Gasteiger partial charge in [-0.3, -0.25) is 0 Å². The van der Waals surface area contributed by atoms with Crippen LogP contribution >= 0.6 is 0 Å². The van der Waals surface area contributed by atoms with Crippen LogP contribution in [-0.2, 0) is 6.61 Å². The predicted molar refractivity (Wildman–Crippen MR) is 84.9 cm³/mol. The molecule has 4 rings (SSSR count). The first-order chi connectivity index (χ1) is 9.88. The normalized spacial score (nSPS) is 11.4. The highest BCUT2D eigenvalue weighted by molar-refractivity contribution is 6.14. The summed E-state index contributed by atoms with van der Waals surface area (Å²) in [5.41, 5.74) is 1.02. The minimum Gasteiger partial charge on any atom is -0.392 e. The Labute approximate surface area is 117 Å². The van der Waals surface area contributed by atoms with Crippen molar-refractivity contribution in [1.82, 2.24) is 0 Å². The molecule has 0 saturated carbocycles. The van der Waals surface area contributed by atoms with E-state index in [0.29, 0.717) is 0 Å². The molecule has 0 radical (unpaired) electrons. The van der Waals surface area contributed by atoms with Crippen molar-refractivity contribution in [2.24, 2.45) is 0 Å². The largest absolute Gasteiger partial charge is 0.392 e. The summed E-state index contributed by atoms with van der Waals surface area (Å²) in [5.74, 6) is 0. The Hall–Kier alpha value is -2.38. The molecule has 0 aromatic heterocycles. The molecule has 0 atom stereocenters. The van der Waals surface area contributed by atoms with Crippen LogP contribution in [0.15, 0.2) is 66.7 Å². The van der Waals surface area contributed by atoms with Gasteiger partial charge in [0.25, 0.3) is 0 Å². The van der Waals surface area contributed by atoms with E-state index in [2.05, 4.69) is 48.5 Å². The average Bonchev–Trinajstić information content (AvgIpc) is 2.52. The molecule has 0 aliphatic carbocycles. The Morgan fingerprint density at radius 2 is 1.30 bits per heavy atom. The van der Waals surface area contributed by atoms with Gasteiger partial charge in [0.2, 0.25) is 0 Å². The first-order valence-corrected chi connectivity index (χ1v) is 6.81. The first-order valence-electron chi connectivity index (χ1n) is 6.81. The van der Waals surface area contributed by atoms with Crippen LogP contribution in [0.4, 0.5) is 0 Å². The summed E-state index contributed by atoms with van der Waals surface area (Å²) >= 11 is 0. The maximum Gasteiger partial charge on any atom is 0.0694 e. The fourth-order valence-electron chi connectivity index (χ4n) is 3.11. The second-order valence-electron chi connectivity index (χ2n) is 5.12. The van der Waals surface area contributed by atoms with Crippen LogP contribution in [0.25, 0.3) is 32.3 Å². The highest BCUT2D eigenvalue weighted by Gasteiger charge is 2.09. The SMILES string of the molecule is OCc1c2ccccc2cc2ccc3ccccc3c12. The van der Waals surface area contributed by atoms with Gasteiger partial charge in [-0.15, -0.1) is 0 Å². The fraction of sp³-hybridized carbons (Fsp3) is 0.0526. The van der Waals surface area contributed by atoms with Crippen molar-refractivity contribution in [2.45, 2.75) is 6.61 Å². The number of aliphatic hydroxyl groups excluding tert-OH is 1. The van der Waals surface area contributed by atoms with Crippen LogP contribution in [0.5, 0.6) is 0 Å². The molecule has 0 bridgehead atoms. The second-order valence-corrected chi connectivity index (χ2v) is 5.12. The van der Waals surface area contributed by atoms with Gasteiger partial charge >= 0.3 is 0 Å². The molecular weight excluding hydrogens is 244 g/mol. The minimum absolute atomic E-state index is 0.0614. The van der Waals surface area contributed by atoms with Gasteiger partial charge in [-0.1, -0.05) is 60.7 Å². The summed E-state index contributed by atoms with van der Waals surface area (Å²) in [7, 11) is 0. The lowest BCUT2D eigenvalue weighted by atomic mass is 9.93. The molecule has 20 heavy (non-hydrogen) atoms. The van der Waals surface area contributed by atoms with Gasteiger partial charge < -0.3 is 5.11 Å². The van der Waals surface area contributed by atoms with Crippen molar-refractivity contribution in [3.05, 3.63) is 72.3 Å². The molecule has 0 unspecified atom stereocenters. The molecule has 0 amide bonds. The van der Waals surface area contributed by atoms with E-state index in [0.717, 1.165) is 10.9 Å². The zero-order valence-corrected chi connectivity index (χ0v) is 11.0. The molecule has 4 aromatic rings. The van der Waals surface area contributed by atoms with Gasteiger partial charge in [0.05, 0.1) is 6.61 Å². The molecule has 0 spiro atoms. The van der Waals surface area contributed by atoms with E-state index in [1.54, 1.807) is 0 Å². The van der Waals surface area contributed by atoms with Gasteiger partial charge in [0.15, 0.2) is 0 Å². The Kier molecular flexibility index (Phi) is 2.48. The third kappa shape index (κ3) is 1.54. The van der Waals surface area contributed by atoms with E-state index in [-0.39, 0.29) is 6.61 Å². The van der Waals surface area contributed by atoms with E-state index < -0.39 is 0 Å². The number of fused-ring (bicyclic) bond motifs is 4. The summed E-state index contributed by atoms with van der Waals surface area (Å²) in [6, 6.07) is 23.1. The number of aliphatic hydroxyl groups is 1. The molecule has 0 fully saturated rings. The summed E-state index contributed by atoms with van der Waals surface area (Å²) in [6.45, 7) is 0.0614. The van der Waals surface area contributed by atoms with E-state index in [1.807, 2.05) is 18.2 Å².